The van der Waals surface area contributed by atoms with E-state index in [1.54, 1.807) is 0 Å². The summed E-state index contributed by atoms with van der Waals surface area (Å²) in [7, 11) is 0. The molecule has 0 atom stereocenters. The van der Waals surface area contributed by atoms with E-state index < -0.39 is 0 Å². The Morgan fingerprint density at radius 1 is 1.00 bits per heavy atom. The van der Waals surface area contributed by atoms with E-state index in [0.29, 0.717) is 5.92 Å². The molecule has 1 fully saturated rings. The van der Waals surface area contributed by atoms with Crippen LogP contribution in [0.3, 0.4) is 0 Å². The number of carbonyl (C=O) groups is 1. The van der Waals surface area contributed by atoms with Crippen LogP contribution in [0.2, 0.25) is 0 Å². The zero-order valence-corrected chi connectivity index (χ0v) is 22.0. The van der Waals surface area contributed by atoms with Crippen molar-refractivity contribution in [2.75, 3.05) is 39.3 Å². The number of ether oxygens (including phenoxy) is 1. The Hall–Kier alpha value is -2.79. The van der Waals surface area contributed by atoms with E-state index in [0.717, 1.165) is 80.8 Å². The minimum atomic E-state index is 0.162. The first-order valence-electron chi connectivity index (χ1n) is 13.8. The van der Waals surface area contributed by atoms with Crippen molar-refractivity contribution in [1.29, 1.82) is 0 Å². The molecule has 1 aromatic heterocycles. The lowest BCUT2D eigenvalue weighted by Gasteiger charge is -2.45. The Labute approximate surface area is 215 Å². The molecule has 5 rings (SSSR count). The zero-order chi connectivity index (χ0) is 25.0. The summed E-state index contributed by atoms with van der Waals surface area (Å²) in [4.78, 5) is 21.5. The van der Waals surface area contributed by atoms with Crippen LogP contribution in [0.4, 0.5) is 0 Å². The van der Waals surface area contributed by atoms with Crippen molar-refractivity contribution < 1.29 is 9.53 Å². The number of hydrogen-bond acceptors (Lipinski definition) is 3. The molecule has 2 aromatic carbocycles. The molecule has 0 saturated carbocycles. The number of aryl methyl sites for hydroxylation is 1. The number of amides is 1. The number of nitrogens with zero attached hydrogens (tertiary/aromatic N) is 2. The Bertz CT molecular complexity index is 1160. The molecule has 5 nitrogen and oxygen atoms in total. The van der Waals surface area contributed by atoms with Gasteiger partial charge in [-0.1, -0.05) is 50.6 Å². The third-order valence-electron chi connectivity index (χ3n) is 8.15. The fraction of sp³-hybridized carbons (Fsp3) is 0.516. The molecule has 0 radical (unpaired) electrons. The number of likely N-dealkylation sites (tertiary alicyclic amines) is 1. The van der Waals surface area contributed by atoms with Gasteiger partial charge < -0.3 is 14.6 Å². The van der Waals surface area contributed by atoms with E-state index in [1.165, 1.54) is 24.8 Å². The van der Waals surface area contributed by atoms with Gasteiger partial charge in [0.2, 0.25) is 0 Å². The van der Waals surface area contributed by atoms with Crippen LogP contribution < -0.4 is 4.74 Å². The lowest BCUT2D eigenvalue weighted by molar-refractivity contribution is 0.0356. The highest BCUT2D eigenvalue weighted by molar-refractivity contribution is 6.05. The monoisotopic (exact) mass is 487 g/mol. The first kappa shape index (κ1) is 24.9. The van der Waals surface area contributed by atoms with Gasteiger partial charge in [-0.05, 0) is 67.2 Å². The molecule has 192 valence electrons. The number of para-hydroxylation sites is 2. The van der Waals surface area contributed by atoms with Gasteiger partial charge in [0.25, 0.3) is 5.91 Å². The molecule has 1 saturated heterocycles. The van der Waals surface area contributed by atoms with Crippen LogP contribution >= 0.6 is 0 Å². The van der Waals surface area contributed by atoms with Crippen molar-refractivity contribution in [1.82, 2.24) is 14.8 Å². The van der Waals surface area contributed by atoms with Gasteiger partial charge in [0, 0.05) is 44.3 Å². The predicted molar refractivity (Wildman–Crippen MR) is 147 cm³/mol. The van der Waals surface area contributed by atoms with Crippen molar-refractivity contribution in [3.8, 4) is 5.75 Å². The molecule has 1 amide bonds. The summed E-state index contributed by atoms with van der Waals surface area (Å²) in [6, 6.07) is 16.6. The van der Waals surface area contributed by atoms with Crippen molar-refractivity contribution in [3.63, 3.8) is 0 Å². The molecule has 3 aromatic rings. The summed E-state index contributed by atoms with van der Waals surface area (Å²) in [6.45, 7) is 10.2. The molecule has 2 aliphatic rings. The van der Waals surface area contributed by atoms with E-state index >= 15 is 0 Å². The Balaban J connectivity index is 1.30. The molecule has 0 bridgehead atoms. The van der Waals surface area contributed by atoms with Crippen LogP contribution in [0.5, 0.6) is 5.75 Å². The van der Waals surface area contributed by atoms with Crippen molar-refractivity contribution in [3.05, 3.63) is 65.9 Å². The molecule has 3 heterocycles. The van der Waals surface area contributed by atoms with Gasteiger partial charge in [0.15, 0.2) is 0 Å². The van der Waals surface area contributed by atoms with E-state index in [2.05, 4.69) is 59.0 Å². The van der Waals surface area contributed by atoms with Crippen LogP contribution in [0.15, 0.2) is 54.7 Å². The van der Waals surface area contributed by atoms with E-state index in [1.807, 2.05) is 24.4 Å². The molecule has 2 aliphatic heterocycles. The van der Waals surface area contributed by atoms with E-state index in [-0.39, 0.29) is 11.3 Å². The maximum absolute atomic E-state index is 13.5. The zero-order valence-electron chi connectivity index (χ0n) is 22.0. The number of nitrogens with one attached hydrogen (secondary N) is 1. The normalized spacial score (nSPS) is 19.5. The molecular weight excluding hydrogens is 446 g/mol. The fourth-order valence-electron chi connectivity index (χ4n) is 6.28. The third-order valence-corrected chi connectivity index (χ3v) is 8.15. The van der Waals surface area contributed by atoms with Crippen LogP contribution in [-0.2, 0) is 6.42 Å². The lowest BCUT2D eigenvalue weighted by atomic mass is 9.73. The van der Waals surface area contributed by atoms with Gasteiger partial charge in [-0.15, -0.1) is 0 Å². The summed E-state index contributed by atoms with van der Waals surface area (Å²) in [5.41, 5.74) is 3.35. The molecule has 0 unspecified atom stereocenters. The standard InChI is InChI=1S/C31H41N3O2/c1-24(2)22-33-20-21-36-28-12-4-3-8-25(28)9-5-6-14-31(23-33)15-18-34(19-16-31)30(35)27-11-7-10-26-13-17-32-29(26)27/h3-4,7-8,10-13,17,24,32H,5-6,9,14-16,18-23H2,1-2H3. The van der Waals surface area contributed by atoms with Crippen molar-refractivity contribution in [2.24, 2.45) is 11.3 Å². The maximum Gasteiger partial charge on any atom is 0.255 e. The Morgan fingerprint density at radius 3 is 2.67 bits per heavy atom. The Morgan fingerprint density at radius 2 is 1.83 bits per heavy atom. The summed E-state index contributed by atoms with van der Waals surface area (Å²) < 4.78 is 6.28. The molecule has 36 heavy (non-hydrogen) atoms. The summed E-state index contributed by atoms with van der Waals surface area (Å²) in [5, 5.41) is 1.10. The second-order valence-corrected chi connectivity index (χ2v) is 11.3. The van der Waals surface area contributed by atoms with Gasteiger partial charge in [-0.2, -0.15) is 0 Å². The predicted octanol–water partition coefficient (Wildman–Crippen LogP) is 6.15. The molecule has 5 heteroatoms. The first-order chi connectivity index (χ1) is 17.5. The summed E-state index contributed by atoms with van der Waals surface area (Å²) in [6.07, 6.45) is 8.79. The number of rotatable bonds is 3. The number of piperidine rings is 1. The smallest absolute Gasteiger partial charge is 0.255 e. The summed E-state index contributed by atoms with van der Waals surface area (Å²) in [5.74, 6) is 1.83. The van der Waals surface area contributed by atoms with Gasteiger partial charge >= 0.3 is 0 Å². The highest BCUT2D eigenvalue weighted by Gasteiger charge is 2.37. The van der Waals surface area contributed by atoms with Crippen LogP contribution in [-0.4, -0.2) is 60.0 Å². The van der Waals surface area contributed by atoms with Crippen LogP contribution in [0.25, 0.3) is 10.9 Å². The lowest BCUT2D eigenvalue weighted by Crippen LogP contribution is -2.49. The number of benzene rings is 2. The van der Waals surface area contributed by atoms with Crippen molar-refractivity contribution in [2.45, 2.75) is 52.4 Å². The number of H-pyrrole nitrogens is 1. The fourth-order valence-corrected chi connectivity index (χ4v) is 6.28. The molecule has 1 spiro atoms. The summed E-state index contributed by atoms with van der Waals surface area (Å²) >= 11 is 0. The second-order valence-electron chi connectivity index (χ2n) is 11.3. The van der Waals surface area contributed by atoms with Crippen LogP contribution in [0.1, 0.15) is 61.9 Å². The average Bonchev–Trinajstić information content (AvgIpc) is 3.36. The molecule has 0 aliphatic carbocycles. The van der Waals surface area contributed by atoms with E-state index in [9.17, 15) is 4.79 Å². The SMILES string of the molecule is CC(C)CN1CCOc2ccccc2CCCCC2(CCN(C(=O)c3cccc4cc[nH]c34)CC2)C1. The average molecular weight is 488 g/mol. The van der Waals surface area contributed by atoms with Crippen molar-refractivity contribution >= 4 is 16.8 Å². The quantitative estimate of drug-likeness (QED) is 0.482. The molecule has 1 N–H and O–H groups in total. The highest BCUT2D eigenvalue weighted by Crippen LogP contribution is 2.39. The Kier molecular flexibility index (Phi) is 7.66. The molecular formula is C31H41N3O2. The van der Waals surface area contributed by atoms with Gasteiger partial charge in [0.1, 0.15) is 12.4 Å². The number of carbonyl (C=O) groups excluding carboxylic acids is 1. The van der Waals surface area contributed by atoms with Gasteiger partial charge in [0.05, 0.1) is 11.1 Å². The highest BCUT2D eigenvalue weighted by atomic mass is 16.5. The minimum Gasteiger partial charge on any atom is -0.492 e. The van der Waals surface area contributed by atoms with Gasteiger partial charge in [-0.3, -0.25) is 9.69 Å². The van der Waals surface area contributed by atoms with Gasteiger partial charge in [-0.25, -0.2) is 0 Å². The van der Waals surface area contributed by atoms with E-state index in [4.69, 9.17) is 4.74 Å². The number of fused-ring (bicyclic) bond motifs is 2. The number of aromatic nitrogens is 1. The maximum atomic E-state index is 13.5. The third kappa shape index (κ3) is 5.62. The minimum absolute atomic E-state index is 0.162. The number of hydrogen-bond donors (Lipinski definition) is 1. The first-order valence-corrected chi connectivity index (χ1v) is 13.8. The van der Waals surface area contributed by atoms with Crippen LogP contribution in [0, 0.1) is 11.3 Å². The topological polar surface area (TPSA) is 48.6 Å². The number of aromatic amines is 1. The second kappa shape index (κ2) is 11.1. The largest absolute Gasteiger partial charge is 0.492 e.